The zero-order valence-corrected chi connectivity index (χ0v) is 15.1. The summed E-state index contributed by atoms with van der Waals surface area (Å²) in [6.07, 6.45) is 4.13. The molecule has 0 unspecified atom stereocenters. The molecule has 2 aromatic heterocycles. The van der Waals surface area contributed by atoms with Crippen molar-refractivity contribution in [2.75, 3.05) is 19.6 Å². The number of carbonyl (C=O) groups is 1. The average Bonchev–Trinajstić information content (AvgIpc) is 3.31. The number of hydrogen-bond donors (Lipinski definition) is 2. The summed E-state index contributed by atoms with van der Waals surface area (Å²) in [6, 6.07) is 1.43. The van der Waals surface area contributed by atoms with Gasteiger partial charge in [-0.1, -0.05) is 6.92 Å². The van der Waals surface area contributed by atoms with Crippen LogP contribution in [0.5, 0.6) is 0 Å². The molecule has 9 heteroatoms. The summed E-state index contributed by atoms with van der Waals surface area (Å²) >= 11 is 0. The summed E-state index contributed by atoms with van der Waals surface area (Å²) in [5, 5.41) is 6.70. The van der Waals surface area contributed by atoms with Crippen LogP contribution in [0.15, 0.2) is 21.6 Å². The Morgan fingerprint density at radius 3 is 2.80 bits per heavy atom. The lowest BCUT2D eigenvalue weighted by Crippen LogP contribution is -2.27. The summed E-state index contributed by atoms with van der Waals surface area (Å²) in [5.41, 5.74) is 0.790. The number of carbonyl (C=O) groups excluding carboxylic acids is 1. The number of amides is 1. The van der Waals surface area contributed by atoms with E-state index in [1.165, 1.54) is 12.3 Å². The van der Waals surface area contributed by atoms with Crippen LogP contribution in [0, 0.1) is 6.92 Å². The van der Waals surface area contributed by atoms with E-state index in [1.807, 2.05) is 6.92 Å². The molecule has 0 saturated carbocycles. The summed E-state index contributed by atoms with van der Waals surface area (Å²) < 4.78 is 32.8. The predicted octanol–water partition coefficient (Wildman–Crippen LogP) is 1.90. The monoisotopic (exact) mass is 366 g/mol. The third kappa shape index (κ3) is 3.47. The minimum atomic E-state index is -3.65. The maximum Gasteiger partial charge on any atom is 0.257 e. The predicted molar refractivity (Wildman–Crippen MR) is 91.6 cm³/mol. The first-order valence-corrected chi connectivity index (χ1v) is 9.85. The number of furan rings is 1. The van der Waals surface area contributed by atoms with E-state index < -0.39 is 10.0 Å². The summed E-state index contributed by atoms with van der Waals surface area (Å²) in [4.78, 5) is 14.5. The first kappa shape index (κ1) is 17.7. The van der Waals surface area contributed by atoms with E-state index in [2.05, 4.69) is 14.9 Å². The van der Waals surface area contributed by atoms with Crippen molar-refractivity contribution in [3.8, 4) is 11.5 Å². The topological polar surface area (TPSA) is 108 Å². The SMILES string of the molecule is CCCNS(=O)(=O)c1cc(-c2[nH]ncc2C(=O)N2CCCC2)oc1C. The van der Waals surface area contributed by atoms with Crippen molar-refractivity contribution < 1.29 is 17.6 Å². The van der Waals surface area contributed by atoms with Crippen molar-refractivity contribution in [1.29, 1.82) is 0 Å². The first-order valence-electron chi connectivity index (χ1n) is 8.37. The van der Waals surface area contributed by atoms with Gasteiger partial charge in [-0.2, -0.15) is 5.10 Å². The lowest BCUT2D eigenvalue weighted by molar-refractivity contribution is 0.0793. The summed E-state index contributed by atoms with van der Waals surface area (Å²) in [6.45, 7) is 5.27. The second kappa shape index (κ2) is 7.01. The summed E-state index contributed by atoms with van der Waals surface area (Å²) in [5.74, 6) is 0.436. The third-order valence-corrected chi connectivity index (χ3v) is 5.78. The van der Waals surface area contributed by atoms with Gasteiger partial charge in [0.1, 0.15) is 16.3 Å². The number of nitrogens with one attached hydrogen (secondary N) is 2. The molecular weight excluding hydrogens is 344 g/mol. The molecular formula is C16H22N4O4S. The van der Waals surface area contributed by atoms with Crippen molar-refractivity contribution >= 4 is 15.9 Å². The molecule has 1 amide bonds. The van der Waals surface area contributed by atoms with Crippen LogP contribution in [-0.4, -0.2) is 49.1 Å². The number of aromatic nitrogens is 2. The highest BCUT2D eigenvalue weighted by Gasteiger charge is 2.27. The van der Waals surface area contributed by atoms with Gasteiger partial charge < -0.3 is 9.32 Å². The standard InChI is InChI=1S/C16H22N4O4S/c1-3-6-18-25(22,23)14-9-13(24-11(14)2)15-12(10-17-19-15)16(21)20-7-4-5-8-20/h9-10,18H,3-8H2,1-2H3,(H,17,19). The Morgan fingerprint density at radius 1 is 1.40 bits per heavy atom. The molecule has 25 heavy (non-hydrogen) atoms. The lowest BCUT2D eigenvalue weighted by Gasteiger charge is -2.14. The molecule has 8 nitrogen and oxygen atoms in total. The molecule has 136 valence electrons. The van der Waals surface area contributed by atoms with Gasteiger partial charge in [0, 0.05) is 25.7 Å². The van der Waals surface area contributed by atoms with E-state index in [-0.39, 0.29) is 22.3 Å². The Labute approximate surface area is 146 Å². The fourth-order valence-corrected chi connectivity index (χ4v) is 4.21. The number of rotatable bonds is 6. The van der Waals surface area contributed by atoms with Gasteiger partial charge in [-0.3, -0.25) is 9.89 Å². The van der Waals surface area contributed by atoms with Crippen LogP contribution in [-0.2, 0) is 10.0 Å². The van der Waals surface area contributed by atoms with E-state index in [4.69, 9.17) is 4.42 Å². The van der Waals surface area contributed by atoms with E-state index >= 15 is 0 Å². The van der Waals surface area contributed by atoms with E-state index in [1.54, 1.807) is 11.8 Å². The largest absolute Gasteiger partial charge is 0.458 e. The normalized spacial score (nSPS) is 15.0. The molecule has 3 heterocycles. The average molecular weight is 366 g/mol. The number of hydrogen-bond acceptors (Lipinski definition) is 5. The Hall–Kier alpha value is -2.13. The van der Waals surface area contributed by atoms with Crippen LogP contribution >= 0.6 is 0 Å². The highest BCUT2D eigenvalue weighted by atomic mass is 32.2. The van der Waals surface area contributed by atoms with Crippen LogP contribution in [0.1, 0.15) is 42.3 Å². The zero-order chi connectivity index (χ0) is 18.0. The minimum absolute atomic E-state index is 0.0742. The Morgan fingerprint density at radius 2 is 2.12 bits per heavy atom. The van der Waals surface area contributed by atoms with E-state index in [0.717, 1.165) is 25.9 Å². The number of nitrogens with zero attached hydrogens (tertiary/aromatic N) is 2. The Kier molecular flexibility index (Phi) is 4.96. The van der Waals surface area contributed by atoms with Crippen LogP contribution < -0.4 is 4.72 Å². The quantitative estimate of drug-likeness (QED) is 0.812. The van der Waals surface area contributed by atoms with Gasteiger partial charge in [0.25, 0.3) is 5.91 Å². The maximum atomic E-state index is 12.6. The summed E-state index contributed by atoms with van der Waals surface area (Å²) in [7, 11) is -3.65. The van der Waals surface area contributed by atoms with Gasteiger partial charge in [0.2, 0.25) is 10.0 Å². The first-order chi connectivity index (χ1) is 11.9. The number of aromatic amines is 1. The molecule has 1 aliphatic rings. The number of aryl methyl sites for hydroxylation is 1. The van der Waals surface area contributed by atoms with Crippen molar-refractivity contribution in [3.05, 3.63) is 23.6 Å². The van der Waals surface area contributed by atoms with Crippen LogP contribution in [0.4, 0.5) is 0 Å². The zero-order valence-electron chi connectivity index (χ0n) is 14.3. The molecule has 1 aliphatic heterocycles. The van der Waals surface area contributed by atoms with Crippen LogP contribution in [0.2, 0.25) is 0 Å². The fraction of sp³-hybridized carbons (Fsp3) is 0.500. The Bertz CT molecular complexity index is 863. The highest BCUT2D eigenvalue weighted by Crippen LogP contribution is 2.30. The van der Waals surface area contributed by atoms with Gasteiger partial charge in [-0.05, 0) is 26.2 Å². The molecule has 1 fully saturated rings. The van der Waals surface area contributed by atoms with Gasteiger partial charge in [-0.15, -0.1) is 0 Å². The molecule has 2 aromatic rings. The smallest absolute Gasteiger partial charge is 0.257 e. The molecule has 0 radical (unpaired) electrons. The van der Waals surface area contributed by atoms with Crippen LogP contribution in [0.25, 0.3) is 11.5 Å². The third-order valence-electron chi connectivity index (χ3n) is 4.21. The molecule has 0 aromatic carbocycles. The van der Waals surface area contributed by atoms with E-state index in [0.29, 0.717) is 24.2 Å². The molecule has 1 saturated heterocycles. The second-order valence-corrected chi connectivity index (χ2v) is 7.82. The van der Waals surface area contributed by atoms with Gasteiger partial charge in [0.15, 0.2) is 5.76 Å². The minimum Gasteiger partial charge on any atom is -0.458 e. The maximum absolute atomic E-state index is 12.6. The van der Waals surface area contributed by atoms with Crippen molar-refractivity contribution in [3.63, 3.8) is 0 Å². The van der Waals surface area contributed by atoms with Gasteiger partial charge in [0.05, 0.1) is 11.8 Å². The van der Waals surface area contributed by atoms with Crippen molar-refractivity contribution in [1.82, 2.24) is 19.8 Å². The second-order valence-electron chi connectivity index (χ2n) is 6.09. The van der Waals surface area contributed by atoms with Gasteiger partial charge >= 0.3 is 0 Å². The highest BCUT2D eigenvalue weighted by molar-refractivity contribution is 7.89. The van der Waals surface area contributed by atoms with Crippen molar-refractivity contribution in [2.45, 2.75) is 38.0 Å². The lowest BCUT2D eigenvalue weighted by atomic mass is 10.2. The fourth-order valence-electron chi connectivity index (χ4n) is 2.90. The molecule has 0 bridgehead atoms. The number of H-pyrrole nitrogens is 1. The van der Waals surface area contributed by atoms with Gasteiger partial charge in [-0.25, -0.2) is 13.1 Å². The van der Waals surface area contributed by atoms with E-state index in [9.17, 15) is 13.2 Å². The molecule has 0 spiro atoms. The number of sulfonamides is 1. The molecule has 3 rings (SSSR count). The van der Waals surface area contributed by atoms with Crippen molar-refractivity contribution in [2.24, 2.45) is 0 Å². The molecule has 0 atom stereocenters. The number of likely N-dealkylation sites (tertiary alicyclic amines) is 1. The molecule has 0 aliphatic carbocycles. The Balaban J connectivity index is 1.93. The molecule has 2 N–H and O–H groups in total. The van der Waals surface area contributed by atoms with Crippen LogP contribution in [0.3, 0.4) is 0 Å².